The molecule has 0 amide bonds. The highest BCUT2D eigenvalue weighted by Crippen LogP contribution is 2.24. The Bertz CT molecular complexity index is 527. The van der Waals surface area contributed by atoms with E-state index in [-0.39, 0.29) is 11.9 Å². The monoisotopic (exact) mass is 245 g/mol. The van der Waals surface area contributed by atoms with E-state index in [1.165, 1.54) is 12.1 Å². The van der Waals surface area contributed by atoms with Crippen molar-refractivity contribution >= 4 is 0 Å². The zero-order chi connectivity index (χ0) is 13.0. The second-order valence-corrected chi connectivity index (χ2v) is 4.14. The van der Waals surface area contributed by atoms with Crippen LogP contribution in [0, 0.1) is 5.82 Å². The van der Waals surface area contributed by atoms with Gasteiger partial charge in [0.15, 0.2) is 0 Å². The molecule has 2 aromatic carbocycles. The molecular formula is C15H16FNO. The Balaban J connectivity index is 2.19. The Labute approximate surface area is 106 Å². The molecule has 0 spiro atoms. The summed E-state index contributed by atoms with van der Waals surface area (Å²) in [5.74, 6) is 0.914. The summed E-state index contributed by atoms with van der Waals surface area (Å²) in [6.07, 6.45) is 0. The molecule has 3 heteroatoms. The van der Waals surface area contributed by atoms with Gasteiger partial charge in [-0.05, 0) is 43.8 Å². The van der Waals surface area contributed by atoms with E-state index < -0.39 is 0 Å². The Morgan fingerprint density at radius 1 is 1.06 bits per heavy atom. The molecule has 0 aliphatic heterocycles. The lowest BCUT2D eigenvalue weighted by Gasteiger charge is -2.12. The van der Waals surface area contributed by atoms with E-state index in [9.17, 15) is 4.39 Å². The minimum absolute atomic E-state index is 0.251. The first kappa shape index (κ1) is 12.6. The first-order chi connectivity index (χ1) is 8.69. The van der Waals surface area contributed by atoms with Crippen LogP contribution in [-0.4, -0.2) is 7.05 Å². The summed E-state index contributed by atoms with van der Waals surface area (Å²) in [6.45, 7) is 2.07. The van der Waals surface area contributed by atoms with Crippen LogP contribution in [0.3, 0.4) is 0 Å². The third kappa shape index (κ3) is 3.08. The summed E-state index contributed by atoms with van der Waals surface area (Å²) in [4.78, 5) is 0. The fourth-order valence-electron chi connectivity index (χ4n) is 1.68. The van der Waals surface area contributed by atoms with Crippen LogP contribution in [-0.2, 0) is 0 Å². The molecule has 0 aliphatic carbocycles. The number of nitrogens with one attached hydrogen (secondary N) is 1. The quantitative estimate of drug-likeness (QED) is 0.882. The van der Waals surface area contributed by atoms with Crippen LogP contribution >= 0.6 is 0 Å². The van der Waals surface area contributed by atoms with E-state index in [1.807, 2.05) is 31.3 Å². The first-order valence-electron chi connectivity index (χ1n) is 5.89. The van der Waals surface area contributed by atoms with Gasteiger partial charge in [-0.15, -0.1) is 0 Å². The van der Waals surface area contributed by atoms with Crippen LogP contribution in [0.4, 0.5) is 4.39 Å². The van der Waals surface area contributed by atoms with E-state index in [0.717, 1.165) is 5.56 Å². The van der Waals surface area contributed by atoms with Crippen LogP contribution in [0.2, 0.25) is 0 Å². The summed E-state index contributed by atoms with van der Waals surface area (Å²) >= 11 is 0. The maximum absolute atomic E-state index is 13.0. The van der Waals surface area contributed by atoms with E-state index in [4.69, 9.17) is 4.74 Å². The molecule has 1 N–H and O–H groups in total. The zero-order valence-electron chi connectivity index (χ0n) is 10.5. The minimum atomic E-state index is -0.299. The van der Waals surface area contributed by atoms with Crippen molar-refractivity contribution in [3.8, 4) is 11.5 Å². The minimum Gasteiger partial charge on any atom is -0.457 e. The third-order valence-electron chi connectivity index (χ3n) is 2.82. The molecular weight excluding hydrogens is 229 g/mol. The number of benzene rings is 2. The molecule has 2 aromatic rings. The van der Waals surface area contributed by atoms with E-state index >= 15 is 0 Å². The second kappa shape index (κ2) is 5.65. The van der Waals surface area contributed by atoms with Gasteiger partial charge in [-0.1, -0.05) is 18.2 Å². The fourth-order valence-corrected chi connectivity index (χ4v) is 1.68. The Hall–Kier alpha value is -1.87. The molecule has 2 rings (SSSR count). The highest BCUT2D eigenvalue weighted by Gasteiger charge is 2.04. The molecule has 0 bridgehead atoms. The van der Waals surface area contributed by atoms with Gasteiger partial charge in [0.2, 0.25) is 0 Å². The van der Waals surface area contributed by atoms with Crippen LogP contribution in [0.5, 0.6) is 11.5 Å². The van der Waals surface area contributed by atoms with Crippen molar-refractivity contribution in [1.82, 2.24) is 5.32 Å². The molecule has 0 aromatic heterocycles. The lowest BCUT2D eigenvalue weighted by atomic mass is 10.1. The molecule has 0 heterocycles. The highest BCUT2D eigenvalue weighted by molar-refractivity contribution is 5.35. The lowest BCUT2D eigenvalue weighted by Crippen LogP contribution is -2.11. The van der Waals surface area contributed by atoms with Gasteiger partial charge in [-0.3, -0.25) is 0 Å². The molecule has 0 saturated carbocycles. The fraction of sp³-hybridized carbons (Fsp3) is 0.200. The van der Waals surface area contributed by atoms with Crippen LogP contribution < -0.4 is 10.1 Å². The summed E-state index contributed by atoms with van der Waals surface area (Å²) in [7, 11) is 1.91. The van der Waals surface area contributed by atoms with Gasteiger partial charge in [-0.2, -0.15) is 0 Å². The molecule has 1 atom stereocenters. The van der Waals surface area contributed by atoms with Crippen molar-refractivity contribution in [2.45, 2.75) is 13.0 Å². The Morgan fingerprint density at radius 2 is 1.72 bits per heavy atom. The van der Waals surface area contributed by atoms with Gasteiger partial charge < -0.3 is 10.1 Å². The van der Waals surface area contributed by atoms with E-state index in [1.54, 1.807) is 12.1 Å². The van der Waals surface area contributed by atoms with Crippen molar-refractivity contribution in [1.29, 1.82) is 0 Å². The van der Waals surface area contributed by atoms with Gasteiger partial charge in [-0.25, -0.2) is 4.39 Å². The molecule has 0 radical (unpaired) electrons. The van der Waals surface area contributed by atoms with Crippen LogP contribution in [0.15, 0.2) is 48.5 Å². The molecule has 0 fully saturated rings. The standard InChI is InChI=1S/C15H16FNO/c1-11(17-2)12-5-3-7-14(9-12)18-15-8-4-6-13(16)10-15/h3-11,17H,1-2H3. The number of ether oxygens (including phenoxy) is 1. The number of rotatable bonds is 4. The van der Waals surface area contributed by atoms with Crippen LogP contribution in [0.25, 0.3) is 0 Å². The second-order valence-electron chi connectivity index (χ2n) is 4.14. The third-order valence-corrected chi connectivity index (χ3v) is 2.82. The molecule has 2 nitrogen and oxygen atoms in total. The molecule has 18 heavy (non-hydrogen) atoms. The van der Waals surface area contributed by atoms with Gasteiger partial charge in [0.05, 0.1) is 0 Å². The number of hydrogen-bond acceptors (Lipinski definition) is 2. The molecule has 1 unspecified atom stereocenters. The zero-order valence-corrected chi connectivity index (χ0v) is 10.5. The average molecular weight is 245 g/mol. The predicted octanol–water partition coefficient (Wildman–Crippen LogP) is 3.90. The summed E-state index contributed by atoms with van der Waals surface area (Å²) < 4.78 is 18.7. The lowest BCUT2D eigenvalue weighted by molar-refractivity contribution is 0.475. The maximum atomic E-state index is 13.0. The first-order valence-corrected chi connectivity index (χ1v) is 5.89. The maximum Gasteiger partial charge on any atom is 0.130 e. The smallest absolute Gasteiger partial charge is 0.130 e. The molecule has 94 valence electrons. The average Bonchev–Trinajstić information content (AvgIpc) is 2.38. The van der Waals surface area contributed by atoms with Crippen LogP contribution in [0.1, 0.15) is 18.5 Å². The normalized spacial score (nSPS) is 12.2. The van der Waals surface area contributed by atoms with E-state index in [0.29, 0.717) is 11.5 Å². The molecule has 0 aliphatic rings. The van der Waals surface area contributed by atoms with Gasteiger partial charge in [0.25, 0.3) is 0 Å². The Kier molecular flexibility index (Phi) is 3.95. The van der Waals surface area contributed by atoms with Crippen molar-refractivity contribution in [2.75, 3.05) is 7.05 Å². The van der Waals surface area contributed by atoms with Gasteiger partial charge in [0, 0.05) is 12.1 Å². The summed E-state index contributed by atoms with van der Waals surface area (Å²) in [5.41, 5.74) is 1.13. The van der Waals surface area contributed by atoms with Crippen molar-refractivity contribution in [2.24, 2.45) is 0 Å². The Morgan fingerprint density at radius 3 is 2.39 bits per heavy atom. The summed E-state index contributed by atoms with van der Waals surface area (Å²) in [5, 5.41) is 3.17. The summed E-state index contributed by atoms with van der Waals surface area (Å²) in [6, 6.07) is 14.1. The number of halogens is 1. The topological polar surface area (TPSA) is 21.3 Å². The van der Waals surface area contributed by atoms with Gasteiger partial charge in [0.1, 0.15) is 17.3 Å². The van der Waals surface area contributed by atoms with Crippen molar-refractivity contribution in [3.63, 3.8) is 0 Å². The van der Waals surface area contributed by atoms with E-state index in [2.05, 4.69) is 12.2 Å². The molecule has 0 saturated heterocycles. The largest absolute Gasteiger partial charge is 0.457 e. The van der Waals surface area contributed by atoms with Gasteiger partial charge >= 0.3 is 0 Å². The highest BCUT2D eigenvalue weighted by atomic mass is 19.1. The van der Waals surface area contributed by atoms with Crippen molar-refractivity contribution in [3.05, 3.63) is 59.9 Å². The van der Waals surface area contributed by atoms with Crippen molar-refractivity contribution < 1.29 is 9.13 Å². The SMILES string of the molecule is CNC(C)c1cccc(Oc2cccc(F)c2)c1. The predicted molar refractivity (Wildman–Crippen MR) is 70.4 cm³/mol. The number of hydrogen-bond donors (Lipinski definition) is 1.